The van der Waals surface area contributed by atoms with Gasteiger partial charge >= 0.3 is 0 Å². The standard InChI is InChI=1S/C28H36OP/c29-24-16-5-3-1-2-4-6-17-25-30(26-18-10-7-11-19-26,27-20-12-8-13-21-27)28-22-14-9-15-23-28/h7-15,18-23,29H,1-6,16-17,24-25H2/q+1. The van der Waals surface area contributed by atoms with Crippen LogP contribution in [0.1, 0.15) is 51.4 Å². The topological polar surface area (TPSA) is 20.2 Å². The molecule has 3 aromatic carbocycles. The van der Waals surface area contributed by atoms with Crippen molar-refractivity contribution in [1.29, 1.82) is 0 Å². The second-order valence-electron chi connectivity index (χ2n) is 8.09. The van der Waals surface area contributed by atoms with Gasteiger partial charge in [-0.15, -0.1) is 0 Å². The summed E-state index contributed by atoms with van der Waals surface area (Å²) in [5.41, 5.74) is 0. The Hall–Kier alpha value is -1.95. The summed E-state index contributed by atoms with van der Waals surface area (Å²) in [5, 5.41) is 13.4. The minimum absolute atomic E-state index is 0.338. The summed E-state index contributed by atoms with van der Waals surface area (Å²) in [6.07, 6.45) is 11.1. The van der Waals surface area contributed by atoms with E-state index in [1.807, 2.05) is 0 Å². The lowest BCUT2D eigenvalue weighted by molar-refractivity contribution is 0.282. The molecular formula is C28H36OP+. The zero-order valence-electron chi connectivity index (χ0n) is 18.1. The molecule has 0 saturated heterocycles. The maximum absolute atomic E-state index is 8.90. The molecular weight excluding hydrogens is 383 g/mol. The molecule has 0 unspecified atom stereocenters. The average molecular weight is 420 g/mol. The van der Waals surface area contributed by atoms with Crippen LogP contribution < -0.4 is 15.9 Å². The third kappa shape index (κ3) is 6.03. The highest BCUT2D eigenvalue weighted by atomic mass is 31.2. The fourth-order valence-electron chi connectivity index (χ4n) is 4.40. The van der Waals surface area contributed by atoms with E-state index in [2.05, 4.69) is 91.0 Å². The summed E-state index contributed by atoms with van der Waals surface area (Å²) >= 11 is 0. The Kier molecular flexibility index (Phi) is 9.61. The van der Waals surface area contributed by atoms with Gasteiger partial charge in [0.25, 0.3) is 0 Å². The Labute approximate surface area is 183 Å². The van der Waals surface area contributed by atoms with Crippen molar-refractivity contribution < 1.29 is 5.11 Å². The van der Waals surface area contributed by atoms with E-state index in [4.69, 9.17) is 5.11 Å². The molecule has 0 aromatic heterocycles. The smallest absolute Gasteiger partial charge is 0.112 e. The number of hydrogen-bond acceptors (Lipinski definition) is 1. The summed E-state index contributed by atoms with van der Waals surface area (Å²) in [6, 6.07) is 33.6. The van der Waals surface area contributed by atoms with Crippen molar-refractivity contribution in [2.24, 2.45) is 0 Å². The molecule has 0 fully saturated rings. The highest BCUT2D eigenvalue weighted by molar-refractivity contribution is 7.95. The van der Waals surface area contributed by atoms with Gasteiger partial charge in [-0.1, -0.05) is 86.7 Å². The molecule has 0 radical (unpaired) electrons. The zero-order chi connectivity index (χ0) is 20.9. The monoisotopic (exact) mass is 419 g/mol. The lowest BCUT2D eigenvalue weighted by atomic mass is 10.1. The second-order valence-corrected chi connectivity index (χ2v) is 11.7. The predicted molar refractivity (Wildman–Crippen MR) is 134 cm³/mol. The summed E-state index contributed by atoms with van der Waals surface area (Å²) < 4.78 is 0. The molecule has 0 aliphatic heterocycles. The first-order valence-electron chi connectivity index (χ1n) is 11.5. The number of aliphatic hydroxyl groups is 1. The van der Waals surface area contributed by atoms with Gasteiger partial charge in [-0.05, 0) is 55.7 Å². The van der Waals surface area contributed by atoms with Crippen molar-refractivity contribution in [2.45, 2.75) is 51.4 Å². The lowest BCUT2D eigenvalue weighted by Gasteiger charge is -2.27. The van der Waals surface area contributed by atoms with E-state index in [1.54, 1.807) is 0 Å². The Balaban J connectivity index is 1.77. The quantitative estimate of drug-likeness (QED) is 0.262. The van der Waals surface area contributed by atoms with Crippen LogP contribution in [0.2, 0.25) is 0 Å². The number of hydrogen-bond donors (Lipinski definition) is 1. The van der Waals surface area contributed by atoms with Crippen LogP contribution in [0.25, 0.3) is 0 Å². The Morgan fingerprint density at radius 2 is 0.767 bits per heavy atom. The summed E-state index contributed by atoms with van der Waals surface area (Å²) in [7, 11) is -1.65. The molecule has 1 N–H and O–H groups in total. The molecule has 0 atom stereocenters. The highest BCUT2D eigenvalue weighted by Crippen LogP contribution is 2.55. The molecule has 30 heavy (non-hydrogen) atoms. The maximum atomic E-state index is 8.90. The molecule has 2 heteroatoms. The highest BCUT2D eigenvalue weighted by Gasteiger charge is 2.44. The maximum Gasteiger partial charge on any atom is 0.112 e. The molecule has 0 aliphatic carbocycles. The van der Waals surface area contributed by atoms with Crippen LogP contribution in [-0.2, 0) is 0 Å². The lowest BCUT2D eigenvalue weighted by Crippen LogP contribution is -2.33. The second kappa shape index (κ2) is 12.7. The molecule has 3 rings (SSSR count). The third-order valence-electron chi connectivity index (χ3n) is 5.99. The van der Waals surface area contributed by atoms with Gasteiger partial charge < -0.3 is 5.11 Å². The van der Waals surface area contributed by atoms with Crippen molar-refractivity contribution in [3.05, 3.63) is 91.0 Å². The SMILES string of the molecule is OCCCCCCCCCC[P+](c1ccccc1)(c1ccccc1)c1ccccc1. The first-order chi connectivity index (χ1) is 14.9. The van der Waals surface area contributed by atoms with E-state index >= 15 is 0 Å². The number of benzene rings is 3. The van der Waals surface area contributed by atoms with Gasteiger partial charge in [-0.25, -0.2) is 0 Å². The Morgan fingerprint density at radius 3 is 1.13 bits per heavy atom. The first-order valence-corrected chi connectivity index (χ1v) is 13.5. The molecule has 158 valence electrons. The third-order valence-corrected chi connectivity index (χ3v) is 10.5. The van der Waals surface area contributed by atoms with Gasteiger partial charge in [0.15, 0.2) is 0 Å². The van der Waals surface area contributed by atoms with E-state index < -0.39 is 7.26 Å². The molecule has 0 saturated carbocycles. The molecule has 0 aliphatic rings. The van der Waals surface area contributed by atoms with Crippen LogP contribution in [0.4, 0.5) is 0 Å². The fourth-order valence-corrected chi connectivity index (χ4v) is 8.81. The van der Waals surface area contributed by atoms with Gasteiger partial charge in [0.05, 0.1) is 6.16 Å². The van der Waals surface area contributed by atoms with Crippen LogP contribution in [0.15, 0.2) is 91.0 Å². The van der Waals surface area contributed by atoms with Crippen LogP contribution in [0, 0.1) is 0 Å². The van der Waals surface area contributed by atoms with Crippen molar-refractivity contribution in [1.82, 2.24) is 0 Å². The molecule has 0 spiro atoms. The van der Waals surface area contributed by atoms with Crippen molar-refractivity contribution >= 4 is 23.2 Å². The minimum Gasteiger partial charge on any atom is -0.396 e. The molecule has 0 amide bonds. The predicted octanol–water partition coefficient (Wildman–Crippen LogP) is 6.09. The molecule has 3 aromatic rings. The normalized spacial score (nSPS) is 11.5. The van der Waals surface area contributed by atoms with Gasteiger partial charge in [0, 0.05) is 6.61 Å². The van der Waals surface area contributed by atoms with E-state index in [0.29, 0.717) is 6.61 Å². The van der Waals surface area contributed by atoms with Crippen LogP contribution in [-0.4, -0.2) is 17.9 Å². The first kappa shape index (κ1) is 22.7. The average Bonchev–Trinajstić information content (AvgIpc) is 2.82. The van der Waals surface area contributed by atoms with E-state index in [-0.39, 0.29) is 0 Å². The zero-order valence-corrected chi connectivity index (χ0v) is 19.0. The molecule has 0 bridgehead atoms. The number of aliphatic hydroxyl groups excluding tert-OH is 1. The van der Waals surface area contributed by atoms with Gasteiger partial charge in [-0.3, -0.25) is 0 Å². The van der Waals surface area contributed by atoms with Crippen LogP contribution in [0.3, 0.4) is 0 Å². The van der Waals surface area contributed by atoms with Gasteiger partial charge in [0.2, 0.25) is 0 Å². The van der Waals surface area contributed by atoms with Crippen LogP contribution in [0.5, 0.6) is 0 Å². The summed E-state index contributed by atoms with van der Waals surface area (Å²) in [5.74, 6) is 0. The van der Waals surface area contributed by atoms with Crippen molar-refractivity contribution in [3.8, 4) is 0 Å². The van der Waals surface area contributed by atoms with Crippen LogP contribution >= 0.6 is 7.26 Å². The molecule has 1 nitrogen and oxygen atoms in total. The van der Waals surface area contributed by atoms with E-state index in [0.717, 1.165) is 6.42 Å². The van der Waals surface area contributed by atoms with Gasteiger partial charge in [-0.2, -0.15) is 0 Å². The van der Waals surface area contributed by atoms with E-state index in [1.165, 1.54) is 67.0 Å². The largest absolute Gasteiger partial charge is 0.396 e. The Bertz CT molecular complexity index is 720. The van der Waals surface area contributed by atoms with Gasteiger partial charge in [0.1, 0.15) is 23.2 Å². The Morgan fingerprint density at radius 1 is 0.433 bits per heavy atom. The van der Waals surface area contributed by atoms with Crippen molar-refractivity contribution in [2.75, 3.05) is 12.8 Å². The number of rotatable bonds is 13. The summed E-state index contributed by atoms with van der Waals surface area (Å²) in [6.45, 7) is 0.338. The fraction of sp³-hybridized carbons (Fsp3) is 0.357. The van der Waals surface area contributed by atoms with E-state index in [9.17, 15) is 0 Å². The number of unbranched alkanes of at least 4 members (excludes halogenated alkanes) is 7. The molecule has 0 heterocycles. The minimum atomic E-state index is -1.65. The summed E-state index contributed by atoms with van der Waals surface area (Å²) in [4.78, 5) is 0. The van der Waals surface area contributed by atoms with Crippen molar-refractivity contribution in [3.63, 3.8) is 0 Å².